The normalized spacial score (nSPS) is 10.4. The molecule has 84 valence electrons. The zero-order valence-corrected chi connectivity index (χ0v) is 9.06. The lowest BCUT2D eigenvalue weighted by Crippen LogP contribution is -2.22. The summed E-state index contributed by atoms with van der Waals surface area (Å²) in [5, 5.41) is 0. The number of furan rings is 1. The second kappa shape index (κ2) is 4.79. The average molecular weight is 220 g/mol. The predicted molar refractivity (Wildman–Crippen MR) is 59.6 cm³/mol. The lowest BCUT2D eigenvalue weighted by atomic mass is 10.3. The van der Waals surface area contributed by atoms with Crippen LogP contribution in [0.4, 0.5) is 10.2 Å². The van der Waals surface area contributed by atoms with Crippen molar-refractivity contribution in [3.05, 3.63) is 48.3 Å². The summed E-state index contributed by atoms with van der Waals surface area (Å²) in [5.41, 5.74) is 0. The van der Waals surface area contributed by atoms with Gasteiger partial charge in [-0.1, -0.05) is 6.07 Å². The van der Waals surface area contributed by atoms with Crippen LogP contribution in [0.5, 0.6) is 0 Å². The molecule has 3 nitrogen and oxygen atoms in total. The molecule has 4 heteroatoms. The second-order valence-corrected chi connectivity index (χ2v) is 3.41. The van der Waals surface area contributed by atoms with E-state index in [1.54, 1.807) is 18.4 Å². The first-order chi connectivity index (χ1) is 7.79. The molecule has 0 atom stereocenters. The first-order valence-electron chi connectivity index (χ1n) is 5.19. The second-order valence-electron chi connectivity index (χ2n) is 3.41. The highest BCUT2D eigenvalue weighted by molar-refractivity contribution is 5.38. The minimum atomic E-state index is -0.463. The molecule has 2 heterocycles. The van der Waals surface area contributed by atoms with Crippen LogP contribution in [0.2, 0.25) is 0 Å². The standard InChI is InChI=1S/C12H13FN2O/c1-2-15(9-10-5-4-8-16-10)12-7-3-6-11(13)14-12/h3-8H,2,9H2,1H3. The molecular weight excluding hydrogens is 207 g/mol. The lowest BCUT2D eigenvalue weighted by Gasteiger charge is -2.20. The maximum atomic E-state index is 13.0. The van der Waals surface area contributed by atoms with E-state index in [-0.39, 0.29) is 0 Å². The van der Waals surface area contributed by atoms with Gasteiger partial charge < -0.3 is 9.32 Å². The molecule has 16 heavy (non-hydrogen) atoms. The van der Waals surface area contributed by atoms with Crippen LogP contribution < -0.4 is 4.90 Å². The van der Waals surface area contributed by atoms with E-state index < -0.39 is 5.95 Å². The highest BCUT2D eigenvalue weighted by atomic mass is 19.1. The van der Waals surface area contributed by atoms with Crippen LogP contribution in [0.1, 0.15) is 12.7 Å². The lowest BCUT2D eigenvalue weighted by molar-refractivity contribution is 0.501. The number of anilines is 1. The van der Waals surface area contributed by atoms with Gasteiger partial charge in [0.2, 0.25) is 5.95 Å². The van der Waals surface area contributed by atoms with Crippen molar-refractivity contribution in [2.24, 2.45) is 0 Å². The molecule has 0 radical (unpaired) electrons. The number of hydrogen-bond acceptors (Lipinski definition) is 3. The first kappa shape index (κ1) is 10.7. The summed E-state index contributed by atoms with van der Waals surface area (Å²) >= 11 is 0. The Labute approximate surface area is 93.5 Å². The third-order valence-corrected chi connectivity index (χ3v) is 2.33. The third kappa shape index (κ3) is 2.39. The average Bonchev–Trinajstić information content (AvgIpc) is 2.78. The largest absolute Gasteiger partial charge is 0.467 e. The summed E-state index contributed by atoms with van der Waals surface area (Å²) in [6, 6.07) is 8.51. The summed E-state index contributed by atoms with van der Waals surface area (Å²) in [6.07, 6.45) is 1.63. The van der Waals surface area contributed by atoms with Gasteiger partial charge in [-0.2, -0.15) is 4.39 Å². The maximum absolute atomic E-state index is 13.0. The van der Waals surface area contributed by atoms with Crippen molar-refractivity contribution in [2.45, 2.75) is 13.5 Å². The van der Waals surface area contributed by atoms with Gasteiger partial charge in [0, 0.05) is 6.54 Å². The molecule has 0 aliphatic rings. The summed E-state index contributed by atoms with van der Waals surface area (Å²) < 4.78 is 18.2. The first-order valence-corrected chi connectivity index (χ1v) is 5.19. The molecule has 2 aromatic heterocycles. The molecule has 0 saturated carbocycles. The fourth-order valence-electron chi connectivity index (χ4n) is 1.52. The van der Waals surface area contributed by atoms with E-state index in [4.69, 9.17) is 4.42 Å². The minimum Gasteiger partial charge on any atom is -0.467 e. The molecule has 0 amide bonds. The number of halogens is 1. The van der Waals surface area contributed by atoms with Gasteiger partial charge in [-0.3, -0.25) is 0 Å². The molecule has 0 spiro atoms. The predicted octanol–water partition coefficient (Wildman–Crippen LogP) is 2.84. The smallest absolute Gasteiger partial charge is 0.214 e. The molecule has 0 aliphatic heterocycles. The SMILES string of the molecule is CCN(Cc1ccco1)c1cccc(F)n1. The fourth-order valence-corrected chi connectivity index (χ4v) is 1.52. The van der Waals surface area contributed by atoms with Gasteiger partial charge in [-0.05, 0) is 31.2 Å². The number of aromatic nitrogens is 1. The van der Waals surface area contributed by atoms with Gasteiger partial charge in [0.15, 0.2) is 0 Å². The van der Waals surface area contributed by atoms with Gasteiger partial charge >= 0.3 is 0 Å². The quantitative estimate of drug-likeness (QED) is 0.742. The van der Waals surface area contributed by atoms with Gasteiger partial charge in [-0.25, -0.2) is 4.98 Å². The Balaban J connectivity index is 2.16. The number of nitrogens with zero attached hydrogens (tertiary/aromatic N) is 2. The monoisotopic (exact) mass is 220 g/mol. The molecule has 2 aromatic rings. The van der Waals surface area contributed by atoms with E-state index >= 15 is 0 Å². The Kier molecular flexibility index (Phi) is 3.19. The minimum absolute atomic E-state index is 0.463. The summed E-state index contributed by atoms with van der Waals surface area (Å²) in [4.78, 5) is 5.79. The Morgan fingerprint density at radius 3 is 2.81 bits per heavy atom. The molecule has 0 fully saturated rings. The highest BCUT2D eigenvalue weighted by Crippen LogP contribution is 2.14. The number of pyridine rings is 1. The summed E-state index contributed by atoms with van der Waals surface area (Å²) in [5.74, 6) is 1.00. The van der Waals surface area contributed by atoms with Crippen LogP contribution in [0, 0.1) is 5.95 Å². The van der Waals surface area contributed by atoms with Crippen LogP contribution in [0.25, 0.3) is 0 Å². The number of hydrogen-bond donors (Lipinski definition) is 0. The Morgan fingerprint density at radius 1 is 1.31 bits per heavy atom. The van der Waals surface area contributed by atoms with E-state index in [0.717, 1.165) is 12.3 Å². The maximum Gasteiger partial charge on any atom is 0.214 e. The van der Waals surface area contributed by atoms with Crippen LogP contribution in [0.3, 0.4) is 0 Å². The van der Waals surface area contributed by atoms with Crippen molar-refractivity contribution >= 4 is 5.82 Å². The number of rotatable bonds is 4. The van der Waals surface area contributed by atoms with Crippen molar-refractivity contribution in [1.82, 2.24) is 4.98 Å². The molecule has 0 N–H and O–H groups in total. The highest BCUT2D eigenvalue weighted by Gasteiger charge is 2.08. The van der Waals surface area contributed by atoms with Gasteiger partial charge in [0.05, 0.1) is 12.8 Å². The van der Waals surface area contributed by atoms with Gasteiger partial charge in [0.1, 0.15) is 11.6 Å². The van der Waals surface area contributed by atoms with Crippen molar-refractivity contribution in [2.75, 3.05) is 11.4 Å². The van der Waals surface area contributed by atoms with E-state index in [0.29, 0.717) is 12.4 Å². The van der Waals surface area contributed by atoms with E-state index in [2.05, 4.69) is 4.98 Å². The van der Waals surface area contributed by atoms with E-state index in [1.165, 1.54) is 6.07 Å². The van der Waals surface area contributed by atoms with E-state index in [9.17, 15) is 4.39 Å². The van der Waals surface area contributed by atoms with E-state index in [1.807, 2.05) is 24.0 Å². The third-order valence-electron chi connectivity index (χ3n) is 2.33. The fraction of sp³-hybridized carbons (Fsp3) is 0.250. The Bertz CT molecular complexity index is 442. The molecule has 0 aliphatic carbocycles. The molecular formula is C12H13FN2O. The van der Waals surface area contributed by atoms with Crippen molar-refractivity contribution in [3.63, 3.8) is 0 Å². The van der Waals surface area contributed by atoms with Crippen molar-refractivity contribution < 1.29 is 8.81 Å². The van der Waals surface area contributed by atoms with Crippen LogP contribution in [-0.4, -0.2) is 11.5 Å². The van der Waals surface area contributed by atoms with Gasteiger partial charge in [0.25, 0.3) is 0 Å². The zero-order chi connectivity index (χ0) is 11.4. The van der Waals surface area contributed by atoms with Crippen LogP contribution >= 0.6 is 0 Å². The van der Waals surface area contributed by atoms with Crippen LogP contribution in [-0.2, 0) is 6.54 Å². The van der Waals surface area contributed by atoms with Crippen LogP contribution in [0.15, 0.2) is 41.0 Å². The zero-order valence-electron chi connectivity index (χ0n) is 9.06. The van der Waals surface area contributed by atoms with Crippen molar-refractivity contribution in [3.8, 4) is 0 Å². The molecule has 0 unspecified atom stereocenters. The molecule has 2 rings (SSSR count). The topological polar surface area (TPSA) is 29.3 Å². The molecule has 0 aromatic carbocycles. The Hall–Kier alpha value is -1.84. The molecule has 0 bridgehead atoms. The summed E-state index contributed by atoms with van der Waals surface area (Å²) in [6.45, 7) is 3.34. The van der Waals surface area contributed by atoms with Gasteiger partial charge in [-0.15, -0.1) is 0 Å². The molecule has 0 saturated heterocycles. The Morgan fingerprint density at radius 2 is 2.19 bits per heavy atom. The van der Waals surface area contributed by atoms with Crippen molar-refractivity contribution in [1.29, 1.82) is 0 Å². The summed E-state index contributed by atoms with van der Waals surface area (Å²) in [7, 11) is 0.